The van der Waals surface area contributed by atoms with Crippen molar-refractivity contribution >= 4 is 50.9 Å². The van der Waals surface area contributed by atoms with Crippen LogP contribution in [0, 0.1) is 5.82 Å². The van der Waals surface area contributed by atoms with Crippen molar-refractivity contribution in [3.8, 4) is 0 Å². The van der Waals surface area contributed by atoms with Crippen LogP contribution in [0.3, 0.4) is 0 Å². The van der Waals surface area contributed by atoms with E-state index in [9.17, 15) is 22.4 Å². The third-order valence-electron chi connectivity index (χ3n) is 5.01. The lowest BCUT2D eigenvalue weighted by molar-refractivity contribution is -0.139. The number of hydrogen-bond acceptors (Lipinski definition) is 4. The molecule has 0 aromatic heterocycles. The van der Waals surface area contributed by atoms with Crippen LogP contribution in [-0.4, -0.2) is 62.7 Å². The first-order valence-electron chi connectivity index (χ1n) is 10.4. The molecule has 0 aliphatic carbocycles. The summed E-state index contributed by atoms with van der Waals surface area (Å²) in [6.07, 6.45) is 0. The van der Waals surface area contributed by atoms with Gasteiger partial charge in [-0.05, 0) is 43.7 Å². The van der Waals surface area contributed by atoms with Crippen molar-refractivity contribution in [1.29, 1.82) is 0 Å². The van der Waals surface area contributed by atoms with Crippen molar-refractivity contribution in [2.75, 3.05) is 31.5 Å². The number of likely N-dealkylation sites (N-methyl/N-ethyl adjacent to an activating group) is 1. The third-order valence-corrected chi connectivity index (χ3v) is 7.41. The van der Waals surface area contributed by atoms with Crippen LogP contribution in [0.4, 0.5) is 10.1 Å². The van der Waals surface area contributed by atoms with E-state index in [0.717, 1.165) is 10.4 Å². The zero-order chi connectivity index (χ0) is 25.6. The van der Waals surface area contributed by atoms with E-state index in [4.69, 9.17) is 23.2 Å². The smallest absolute Gasteiger partial charge is 0.304 e. The molecule has 0 heterocycles. The number of amides is 2. The van der Waals surface area contributed by atoms with Crippen LogP contribution < -0.4 is 9.62 Å². The van der Waals surface area contributed by atoms with Gasteiger partial charge in [-0.15, -0.1) is 0 Å². The van der Waals surface area contributed by atoms with Gasteiger partial charge in [-0.2, -0.15) is 12.7 Å². The van der Waals surface area contributed by atoms with Gasteiger partial charge in [0.05, 0.1) is 5.69 Å². The highest BCUT2D eigenvalue weighted by Gasteiger charge is 2.33. The Hall–Kier alpha value is -2.40. The van der Waals surface area contributed by atoms with Gasteiger partial charge in [0.1, 0.15) is 18.4 Å². The number of para-hydroxylation sites is 1. The minimum atomic E-state index is -4.25. The Morgan fingerprint density at radius 1 is 1.12 bits per heavy atom. The predicted molar refractivity (Wildman–Crippen MR) is 132 cm³/mol. The predicted octanol–water partition coefficient (Wildman–Crippen LogP) is 3.30. The molecule has 186 valence electrons. The molecule has 2 rings (SSSR count). The lowest BCUT2D eigenvalue weighted by atomic mass is 10.1. The van der Waals surface area contributed by atoms with E-state index in [1.807, 2.05) is 0 Å². The van der Waals surface area contributed by atoms with E-state index < -0.39 is 40.4 Å². The molecule has 0 spiro atoms. The number of anilines is 1. The zero-order valence-corrected chi connectivity index (χ0v) is 21.6. The van der Waals surface area contributed by atoms with Gasteiger partial charge in [-0.1, -0.05) is 41.4 Å². The van der Waals surface area contributed by atoms with Crippen LogP contribution in [0.15, 0.2) is 42.5 Å². The molecule has 0 aliphatic rings. The summed E-state index contributed by atoms with van der Waals surface area (Å²) in [7, 11) is -1.70. The number of nitrogens with one attached hydrogen (secondary N) is 1. The summed E-state index contributed by atoms with van der Waals surface area (Å²) < 4.78 is 42.1. The molecule has 2 amide bonds. The first-order chi connectivity index (χ1) is 15.9. The van der Waals surface area contributed by atoms with Crippen LogP contribution in [0.5, 0.6) is 0 Å². The molecule has 1 atom stereocenters. The SMILES string of the molecule is CCNC(=O)[C@@H](C)N(Cc1ccc(Cl)cc1Cl)C(=O)CN(c1ccccc1F)S(=O)(=O)N(C)C. The van der Waals surface area contributed by atoms with Gasteiger partial charge < -0.3 is 10.2 Å². The maximum atomic E-state index is 14.6. The Morgan fingerprint density at radius 2 is 1.76 bits per heavy atom. The molecule has 0 saturated carbocycles. The summed E-state index contributed by atoms with van der Waals surface area (Å²) in [6, 6.07) is 8.96. The largest absolute Gasteiger partial charge is 0.355 e. The minimum Gasteiger partial charge on any atom is -0.355 e. The van der Waals surface area contributed by atoms with E-state index in [2.05, 4.69) is 5.32 Å². The van der Waals surface area contributed by atoms with Crippen LogP contribution in [0.2, 0.25) is 10.0 Å². The molecule has 0 aliphatic heterocycles. The average molecular weight is 533 g/mol. The van der Waals surface area contributed by atoms with Crippen molar-refractivity contribution in [3.63, 3.8) is 0 Å². The van der Waals surface area contributed by atoms with Crippen molar-refractivity contribution in [2.24, 2.45) is 0 Å². The molecule has 1 N–H and O–H groups in total. The Bertz CT molecular complexity index is 1150. The van der Waals surface area contributed by atoms with Crippen LogP contribution >= 0.6 is 23.2 Å². The highest BCUT2D eigenvalue weighted by molar-refractivity contribution is 7.90. The van der Waals surface area contributed by atoms with Gasteiger partial charge in [0.2, 0.25) is 11.8 Å². The van der Waals surface area contributed by atoms with Crippen molar-refractivity contribution in [2.45, 2.75) is 26.4 Å². The van der Waals surface area contributed by atoms with E-state index >= 15 is 0 Å². The van der Waals surface area contributed by atoms with Gasteiger partial charge >= 0.3 is 10.2 Å². The van der Waals surface area contributed by atoms with Gasteiger partial charge in [-0.25, -0.2) is 8.70 Å². The maximum Gasteiger partial charge on any atom is 0.304 e. The number of halogens is 3. The molecule has 0 radical (unpaired) electrons. The number of carbonyl (C=O) groups is 2. The van der Waals surface area contributed by atoms with Gasteiger partial charge in [0, 0.05) is 37.2 Å². The Balaban J connectivity index is 2.50. The molecule has 0 bridgehead atoms. The standard InChI is InChI=1S/C22H27Cl2FN4O4S/c1-5-26-22(31)15(2)28(13-16-10-11-17(23)12-18(16)24)21(30)14-29(34(32,33)27(3)4)20-9-7-6-8-19(20)25/h6-12,15H,5,13-14H2,1-4H3,(H,26,31)/t15-/m1/s1. The number of nitrogens with zero attached hydrogens (tertiary/aromatic N) is 3. The second-order valence-corrected chi connectivity index (χ2v) is 10.5. The quantitative estimate of drug-likeness (QED) is 0.508. The number of hydrogen-bond donors (Lipinski definition) is 1. The molecule has 2 aromatic rings. The summed E-state index contributed by atoms with van der Waals surface area (Å²) in [5.74, 6) is -1.97. The summed E-state index contributed by atoms with van der Waals surface area (Å²) in [6.45, 7) is 2.75. The minimum absolute atomic E-state index is 0.0970. The first kappa shape index (κ1) is 27.8. The molecule has 0 unspecified atom stereocenters. The highest BCUT2D eigenvalue weighted by atomic mass is 35.5. The van der Waals surface area contributed by atoms with Crippen LogP contribution in [-0.2, 0) is 26.3 Å². The number of benzene rings is 2. The maximum absolute atomic E-state index is 14.6. The molecular formula is C22H27Cl2FN4O4S. The molecule has 12 heteroatoms. The second-order valence-electron chi connectivity index (χ2n) is 7.58. The lowest BCUT2D eigenvalue weighted by Crippen LogP contribution is -2.52. The van der Waals surface area contributed by atoms with Crippen molar-refractivity contribution < 1.29 is 22.4 Å². The summed E-state index contributed by atoms with van der Waals surface area (Å²) in [4.78, 5) is 27.2. The lowest BCUT2D eigenvalue weighted by Gasteiger charge is -2.33. The molecular weight excluding hydrogens is 506 g/mol. The normalized spacial score (nSPS) is 12.4. The molecule has 0 saturated heterocycles. The fraction of sp³-hybridized carbons (Fsp3) is 0.364. The molecule has 0 fully saturated rings. The Morgan fingerprint density at radius 3 is 2.32 bits per heavy atom. The monoisotopic (exact) mass is 532 g/mol. The van der Waals surface area contributed by atoms with E-state index in [1.165, 1.54) is 50.2 Å². The first-order valence-corrected chi connectivity index (χ1v) is 12.5. The molecule has 2 aromatic carbocycles. The zero-order valence-electron chi connectivity index (χ0n) is 19.3. The molecule has 8 nitrogen and oxygen atoms in total. The number of rotatable bonds is 10. The van der Waals surface area contributed by atoms with Gasteiger partial charge in [0.25, 0.3) is 0 Å². The van der Waals surface area contributed by atoms with Crippen molar-refractivity contribution in [1.82, 2.24) is 14.5 Å². The van der Waals surface area contributed by atoms with Gasteiger partial charge in [0.15, 0.2) is 0 Å². The summed E-state index contributed by atoms with van der Waals surface area (Å²) in [5, 5.41) is 3.32. The Labute approximate surface area is 209 Å². The van der Waals surface area contributed by atoms with E-state index in [0.29, 0.717) is 21.4 Å². The highest BCUT2D eigenvalue weighted by Crippen LogP contribution is 2.26. The van der Waals surface area contributed by atoms with Crippen LogP contribution in [0.1, 0.15) is 19.4 Å². The van der Waals surface area contributed by atoms with Crippen LogP contribution in [0.25, 0.3) is 0 Å². The van der Waals surface area contributed by atoms with Crippen molar-refractivity contribution in [3.05, 3.63) is 63.9 Å². The van der Waals surface area contributed by atoms with E-state index in [1.54, 1.807) is 19.1 Å². The average Bonchev–Trinajstić information content (AvgIpc) is 2.77. The Kier molecular flexibility index (Phi) is 9.69. The second kappa shape index (κ2) is 11.8. The third kappa shape index (κ3) is 6.59. The fourth-order valence-corrected chi connectivity index (χ4v) is 4.63. The summed E-state index contributed by atoms with van der Waals surface area (Å²) >= 11 is 12.2. The fourth-order valence-electron chi connectivity index (χ4n) is 3.09. The molecule has 34 heavy (non-hydrogen) atoms. The van der Waals surface area contributed by atoms with Gasteiger partial charge in [-0.3, -0.25) is 9.59 Å². The van der Waals surface area contributed by atoms with E-state index in [-0.39, 0.29) is 17.3 Å². The number of carbonyl (C=O) groups excluding carboxylic acids is 2. The summed E-state index contributed by atoms with van der Waals surface area (Å²) in [5.41, 5.74) is 0.211. The topological polar surface area (TPSA) is 90.0 Å².